The lowest BCUT2D eigenvalue weighted by molar-refractivity contribution is 1.37. The number of aryl methyl sites for hydroxylation is 1. The van der Waals surface area contributed by atoms with E-state index in [1.165, 1.54) is 9.75 Å². The number of alkyl halides is 1. The Labute approximate surface area is 90.0 Å². The molecule has 0 aromatic carbocycles. The molecule has 0 radical (unpaired) electrons. The van der Waals surface area contributed by atoms with Gasteiger partial charge in [-0.15, -0.1) is 34.3 Å². The molecule has 0 amide bonds. The maximum atomic E-state index is 5.71. The Morgan fingerprint density at radius 3 is 2.77 bits per heavy atom. The predicted molar refractivity (Wildman–Crippen MR) is 59.7 cm³/mol. The number of aromatic nitrogens is 1. The minimum atomic E-state index is 0.558. The highest BCUT2D eigenvalue weighted by atomic mass is 35.5. The van der Waals surface area contributed by atoms with Crippen LogP contribution >= 0.6 is 34.3 Å². The van der Waals surface area contributed by atoms with Gasteiger partial charge in [0.1, 0.15) is 5.01 Å². The van der Waals surface area contributed by atoms with Gasteiger partial charge in [-0.3, -0.25) is 0 Å². The summed E-state index contributed by atoms with van der Waals surface area (Å²) in [5, 5.41) is 1.08. The molecule has 68 valence electrons. The van der Waals surface area contributed by atoms with E-state index in [0.29, 0.717) is 5.88 Å². The normalized spacial score (nSPS) is 10.6. The first-order chi connectivity index (χ1) is 6.29. The number of hydrogen-bond acceptors (Lipinski definition) is 3. The topological polar surface area (TPSA) is 12.9 Å². The fraction of sp³-hybridized carbons (Fsp3) is 0.222. The van der Waals surface area contributed by atoms with Crippen LogP contribution < -0.4 is 0 Å². The third kappa shape index (κ3) is 1.93. The molecule has 2 aromatic rings. The van der Waals surface area contributed by atoms with Gasteiger partial charge in [0.15, 0.2) is 0 Å². The molecule has 0 N–H and O–H groups in total. The zero-order valence-corrected chi connectivity index (χ0v) is 9.47. The van der Waals surface area contributed by atoms with Crippen LogP contribution in [0.3, 0.4) is 0 Å². The van der Waals surface area contributed by atoms with Gasteiger partial charge < -0.3 is 0 Å². The summed E-state index contributed by atoms with van der Waals surface area (Å²) in [5.74, 6) is 0.558. The van der Waals surface area contributed by atoms with Gasteiger partial charge in [-0.05, 0) is 19.1 Å². The van der Waals surface area contributed by atoms with Crippen molar-refractivity contribution in [3.8, 4) is 9.88 Å². The molecule has 2 heterocycles. The Morgan fingerprint density at radius 1 is 1.38 bits per heavy atom. The lowest BCUT2D eigenvalue weighted by Gasteiger charge is -1.85. The molecular formula is C9H8ClNS2. The molecule has 0 saturated heterocycles. The molecule has 0 aliphatic carbocycles. The lowest BCUT2D eigenvalue weighted by Crippen LogP contribution is -1.63. The van der Waals surface area contributed by atoms with Crippen molar-refractivity contribution in [2.75, 3.05) is 0 Å². The van der Waals surface area contributed by atoms with E-state index >= 15 is 0 Å². The number of hydrogen-bond donors (Lipinski definition) is 0. The van der Waals surface area contributed by atoms with Crippen LogP contribution in [0.2, 0.25) is 0 Å². The van der Waals surface area contributed by atoms with E-state index in [-0.39, 0.29) is 0 Å². The molecule has 0 unspecified atom stereocenters. The minimum absolute atomic E-state index is 0.558. The van der Waals surface area contributed by atoms with Gasteiger partial charge in [-0.25, -0.2) is 4.98 Å². The van der Waals surface area contributed by atoms with Gasteiger partial charge in [-0.2, -0.15) is 0 Å². The van der Waals surface area contributed by atoms with Crippen molar-refractivity contribution >= 4 is 34.3 Å². The van der Waals surface area contributed by atoms with Crippen molar-refractivity contribution < 1.29 is 0 Å². The summed E-state index contributed by atoms with van der Waals surface area (Å²) >= 11 is 9.14. The standard InChI is InChI=1S/C9H8ClNS2/c1-6-2-3-8(12-6)9-11-5-7(4-10)13-9/h2-3,5H,4H2,1H3. The van der Waals surface area contributed by atoms with E-state index in [9.17, 15) is 0 Å². The Balaban J connectivity index is 2.35. The predicted octanol–water partition coefficient (Wildman–Crippen LogP) is 3.92. The molecule has 1 nitrogen and oxygen atoms in total. The molecule has 0 bridgehead atoms. The summed E-state index contributed by atoms with van der Waals surface area (Å²) in [6, 6.07) is 4.22. The average Bonchev–Trinajstić information content (AvgIpc) is 2.71. The van der Waals surface area contributed by atoms with Crippen LogP contribution in [0.25, 0.3) is 9.88 Å². The Morgan fingerprint density at radius 2 is 2.23 bits per heavy atom. The highest BCUT2D eigenvalue weighted by Gasteiger charge is 2.05. The Bertz CT molecular complexity index is 405. The molecule has 13 heavy (non-hydrogen) atoms. The maximum Gasteiger partial charge on any atom is 0.133 e. The first-order valence-electron chi connectivity index (χ1n) is 3.87. The number of rotatable bonds is 2. The molecule has 0 atom stereocenters. The number of thiophene rings is 1. The summed E-state index contributed by atoms with van der Waals surface area (Å²) in [6.45, 7) is 2.10. The van der Waals surface area contributed by atoms with Gasteiger partial charge in [-0.1, -0.05) is 0 Å². The molecule has 0 aliphatic heterocycles. The fourth-order valence-corrected chi connectivity index (χ4v) is 2.96. The highest BCUT2D eigenvalue weighted by molar-refractivity contribution is 7.21. The lowest BCUT2D eigenvalue weighted by atomic mass is 10.4. The van der Waals surface area contributed by atoms with Crippen molar-refractivity contribution in [1.82, 2.24) is 4.98 Å². The van der Waals surface area contributed by atoms with Crippen molar-refractivity contribution in [3.05, 3.63) is 28.1 Å². The van der Waals surface area contributed by atoms with Crippen LogP contribution in [0, 0.1) is 6.92 Å². The summed E-state index contributed by atoms with van der Waals surface area (Å²) < 4.78 is 0. The van der Waals surface area contributed by atoms with Crippen LogP contribution in [0.1, 0.15) is 9.75 Å². The van der Waals surface area contributed by atoms with Crippen molar-refractivity contribution in [2.24, 2.45) is 0 Å². The Kier molecular flexibility index (Phi) is 2.67. The van der Waals surface area contributed by atoms with E-state index in [0.717, 1.165) is 9.88 Å². The van der Waals surface area contributed by atoms with E-state index in [1.54, 1.807) is 22.7 Å². The van der Waals surface area contributed by atoms with Crippen LogP contribution in [-0.2, 0) is 5.88 Å². The average molecular weight is 230 g/mol. The first kappa shape index (κ1) is 9.19. The second-order valence-corrected chi connectivity index (χ2v) is 5.35. The monoisotopic (exact) mass is 229 g/mol. The van der Waals surface area contributed by atoms with Crippen LogP contribution in [0.5, 0.6) is 0 Å². The van der Waals surface area contributed by atoms with E-state index in [2.05, 4.69) is 24.0 Å². The zero-order chi connectivity index (χ0) is 9.26. The van der Waals surface area contributed by atoms with Crippen LogP contribution in [0.4, 0.5) is 0 Å². The van der Waals surface area contributed by atoms with E-state index in [4.69, 9.17) is 11.6 Å². The molecular weight excluding hydrogens is 222 g/mol. The van der Waals surface area contributed by atoms with Crippen molar-refractivity contribution in [2.45, 2.75) is 12.8 Å². The summed E-state index contributed by atoms with van der Waals surface area (Å²) in [7, 11) is 0. The molecule has 0 spiro atoms. The van der Waals surface area contributed by atoms with E-state index in [1.807, 2.05) is 6.20 Å². The number of halogens is 1. The third-order valence-electron chi connectivity index (χ3n) is 1.64. The summed E-state index contributed by atoms with van der Waals surface area (Å²) in [6.07, 6.45) is 1.85. The van der Waals surface area contributed by atoms with Gasteiger partial charge >= 0.3 is 0 Å². The van der Waals surface area contributed by atoms with Crippen molar-refractivity contribution in [3.63, 3.8) is 0 Å². The van der Waals surface area contributed by atoms with Crippen LogP contribution in [0.15, 0.2) is 18.3 Å². The maximum absolute atomic E-state index is 5.71. The SMILES string of the molecule is Cc1ccc(-c2ncc(CCl)s2)s1. The first-order valence-corrected chi connectivity index (χ1v) is 6.04. The van der Waals surface area contributed by atoms with Gasteiger partial charge in [0.05, 0.1) is 10.8 Å². The molecule has 2 aromatic heterocycles. The van der Waals surface area contributed by atoms with Gasteiger partial charge in [0.25, 0.3) is 0 Å². The van der Waals surface area contributed by atoms with Crippen molar-refractivity contribution in [1.29, 1.82) is 0 Å². The quantitative estimate of drug-likeness (QED) is 0.712. The molecule has 0 aliphatic rings. The second kappa shape index (κ2) is 3.78. The highest BCUT2D eigenvalue weighted by Crippen LogP contribution is 2.31. The number of thiazole rings is 1. The number of nitrogens with zero attached hydrogens (tertiary/aromatic N) is 1. The Hall–Kier alpha value is -0.380. The van der Waals surface area contributed by atoms with Crippen LogP contribution in [-0.4, -0.2) is 4.98 Å². The fourth-order valence-electron chi connectivity index (χ4n) is 1.03. The largest absolute Gasteiger partial charge is 0.243 e. The molecule has 2 rings (SSSR count). The smallest absolute Gasteiger partial charge is 0.133 e. The zero-order valence-electron chi connectivity index (χ0n) is 7.08. The summed E-state index contributed by atoms with van der Waals surface area (Å²) in [4.78, 5) is 7.99. The third-order valence-corrected chi connectivity index (χ3v) is 4.25. The molecule has 4 heteroatoms. The van der Waals surface area contributed by atoms with Gasteiger partial charge in [0, 0.05) is 16.0 Å². The minimum Gasteiger partial charge on any atom is -0.243 e. The molecule has 0 saturated carbocycles. The van der Waals surface area contributed by atoms with E-state index < -0.39 is 0 Å². The molecule has 0 fully saturated rings. The van der Waals surface area contributed by atoms with Gasteiger partial charge in [0.2, 0.25) is 0 Å². The second-order valence-electron chi connectivity index (χ2n) is 2.68. The summed E-state index contributed by atoms with van der Waals surface area (Å²) in [5.41, 5.74) is 0.